The number of carbonyl (C=O) groups is 1. The Kier molecular flexibility index (Phi) is 4.92. The minimum Gasteiger partial charge on any atom is -0.384 e. The van der Waals surface area contributed by atoms with Crippen LogP contribution in [0.4, 0.5) is 0 Å². The van der Waals surface area contributed by atoms with Crippen molar-refractivity contribution in [2.45, 2.75) is 64.1 Å². The van der Waals surface area contributed by atoms with Crippen molar-refractivity contribution in [2.75, 3.05) is 26.2 Å². The number of rotatable bonds is 5. The summed E-state index contributed by atoms with van der Waals surface area (Å²) in [7, 11) is 0. The molecule has 3 rings (SSSR count). The molecule has 1 N–H and O–H groups in total. The Bertz CT molecular complexity index is 572. The maximum Gasteiger partial charge on any atom is 0.240 e. The predicted octanol–water partition coefficient (Wildman–Crippen LogP) is 1.15. The second-order valence-electron chi connectivity index (χ2n) is 7.59. The highest BCUT2D eigenvalue weighted by Crippen LogP contribution is 2.27. The van der Waals surface area contributed by atoms with Crippen molar-refractivity contribution < 1.29 is 9.90 Å². The molecule has 0 aromatic carbocycles. The van der Waals surface area contributed by atoms with E-state index in [1.165, 1.54) is 6.42 Å². The fraction of sp³-hybridized carbons (Fsp3) is 0.824. The lowest BCUT2D eigenvalue weighted by Gasteiger charge is -2.44. The summed E-state index contributed by atoms with van der Waals surface area (Å²) in [6, 6.07) is 0.225. The van der Waals surface area contributed by atoms with Crippen LogP contribution >= 0.6 is 0 Å². The van der Waals surface area contributed by atoms with Gasteiger partial charge in [-0.2, -0.15) is 0 Å². The highest BCUT2D eigenvalue weighted by Gasteiger charge is 2.39. The van der Waals surface area contributed by atoms with Crippen LogP contribution in [0.1, 0.15) is 58.2 Å². The van der Waals surface area contributed by atoms with Crippen molar-refractivity contribution in [3.05, 3.63) is 11.9 Å². The third-order valence-electron chi connectivity index (χ3n) is 5.09. The van der Waals surface area contributed by atoms with Crippen LogP contribution < -0.4 is 0 Å². The van der Waals surface area contributed by atoms with Crippen molar-refractivity contribution in [1.82, 2.24) is 24.8 Å². The van der Waals surface area contributed by atoms with Crippen LogP contribution in [0.2, 0.25) is 0 Å². The Hall–Kier alpha value is -1.47. The van der Waals surface area contributed by atoms with Gasteiger partial charge in [0.25, 0.3) is 0 Å². The van der Waals surface area contributed by atoms with Crippen molar-refractivity contribution in [2.24, 2.45) is 0 Å². The van der Waals surface area contributed by atoms with E-state index in [2.05, 4.69) is 22.1 Å². The number of carbonyl (C=O) groups excluding carboxylic acids is 1. The third-order valence-corrected chi connectivity index (χ3v) is 5.09. The fourth-order valence-electron chi connectivity index (χ4n) is 3.57. The van der Waals surface area contributed by atoms with Gasteiger partial charge in [0, 0.05) is 13.1 Å². The number of aromatic nitrogens is 3. The number of likely N-dealkylation sites (tertiary alicyclic amines) is 2. The topological polar surface area (TPSA) is 74.5 Å². The van der Waals surface area contributed by atoms with Crippen molar-refractivity contribution in [1.29, 1.82) is 0 Å². The van der Waals surface area contributed by atoms with Gasteiger partial charge in [0.15, 0.2) is 0 Å². The fourth-order valence-corrected chi connectivity index (χ4v) is 3.57. The molecule has 0 saturated carbocycles. The maximum atomic E-state index is 12.8. The molecule has 1 aromatic heterocycles. The molecular formula is C17H29N5O2. The van der Waals surface area contributed by atoms with Gasteiger partial charge in [-0.25, -0.2) is 4.68 Å². The zero-order valence-corrected chi connectivity index (χ0v) is 15.0. The molecule has 0 bridgehead atoms. The summed E-state index contributed by atoms with van der Waals surface area (Å²) in [6.45, 7) is 8.98. The number of piperidine rings is 1. The summed E-state index contributed by atoms with van der Waals surface area (Å²) in [4.78, 5) is 17.1. The number of hydrogen-bond donors (Lipinski definition) is 1. The predicted molar refractivity (Wildman–Crippen MR) is 90.4 cm³/mol. The van der Waals surface area contributed by atoms with Gasteiger partial charge < -0.3 is 10.0 Å². The van der Waals surface area contributed by atoms with E-state index in [9.17, 15) is 9.90 Å². The Morgan fingerprint density at radius 3 is 2.75 bits per heavy atom. The molecule has 0 spiro atoms. The summed E-state index contributed by atoms with van der Waals surface area (Å²) >= 11 is 0. The first-order chi connectivity index (χ1) is 11.4. The minimum absolute atomic E-state index is 0.0577. The molecule has 0 aliphatic carbocycles. The summed E-state index contributed by atoms with van der Waals surface area (Å²) in [5, 5.41) is 18.1. The monoisotopic (exact) mass is 335 g/mol. The van der Waals surface area contributed by atoms with E-state index in [0.717, 1.165) is 32.4 Å². The van der Waals surface area contributed by atoms with Crippen LogP contribution in [0.15, 0.2) is 6.20 Å². The first-order valence-electron chi connectivity index (χ1n) is 9.07. The molecule has 3 heterocycles. The van der Waals surface area contributed by atoms with Gasteiger partial charge in [-0.15, -0.1) is 5.10 Å². The molecule has 1 aromatic rings. The van der Waals surface area contributed by atoms with Gasteiger partial charge in [-0.05, 0) is 46.2 Å². The lowest BCUT2D eigenvalue weighted by Crippen LogP contribution is -2.58. The molecule has 7 heteroatoms. The molecule has 2 aliphatic heterocycles. The third kappa shape index (κ3) is 3.47. The minimum atomic E-state index is -0.986. The zero-order chi connectivity index (χ0) is 17.3. The molecule has 1 amide bonds. The quantitative estimate of drug-likeness (QED) is 0.874. The Labute approximate surface area is 143 Å². The molecule has 134 valence electrons. The Morgan fingerprint density at radius 1 is 1.38 bits per heavy atom. The molecule has 7 nitrogen and oxygen atoms in total. The van der Waals surface area contributed by atoms with E-state index >= 15 is 0 Å². The summed E-state index contributed by atoms with van der Waals surface area (Å²) < 4.78 is 1.78. The molecule has 2 saturated heterocycles. The number of amides is 1. The van der Waals surface area contributed by atoms with Crippen LogP contribution in [0, 0.1) is 0 Å². The second-order valence-corrected chi connectivity index (χ2v) is 7.59. The van der Waals surface area contributed by atoms with Crippen molar-refractivity contribution in [3.63, 3.8) is 0 Å². The average Bonchev–Trinajstić information content (AvgIpc) is 2.96. The molecule has 2 aliphatic rings. The molecule has 0 unspecified atom stereocenters. The standard InChI is InChI=1S/C17H29N5O2/c1-4-8-20-9-6-5-7-14(20)16(23)21-10-13(11-21)22-12-15(18-19-22)17(2,3)24/h12-14,24H,4-11H2,1-3H3/t14-/m0/s1. The van der Waals surface area contributed by atoms with Gasteiger partial charge in [0.1, 0.15) is 11.3 Å². The maximum absolute atomic E-state index is 12.8. The van der Waals surface area contributed by atoms with Gasteiger partial charge in [0.2, 0.25) is 5.91 Å². The first kappa shape index (κ1) is 17.4. The molecule has 0 radical (unpaired) electrons. The zero-order valence-electron chi connectivity index (χ0n) is 15.0. The van der Waals surface area contributed by atoms with Crippen LogP contribution in [0.3, 0.4) is 0 Å². The van der Waals surface area contributed by atoms with Crippen LogP contribution in [0.25, 0.3) is 0 Å². The van der Waals surface area contributed by atoms with Gasteiger partial charge in [-0.1, -0.05) is 18.6 Å². The SMILES string of the molecule is CCCN1CCCC[C@H]1C(=O)N1CC(n2cc(C(C)(C)O)nn2)C1. The summed E-state index contributed by atoms with van der Waals surface area (Å²) in [5.74, 6) is 0.266. The van der Waals surface area contributed by atoms with E-state index in [0.29, 0.717) is 18.8 Å². The van der Waals surface area contributed by atoms with E-state index < -0.39 is 5.60 Å². The van der Waals surface area contributed by atoms with E-state index in [1.807, 2.05) is 4.90 Å². The Balaban J connectivity index is 1.57. The smallest absolute Gasteiger partial charge is 0.240 e. The van der Waals surface area contributed by atoms with Crippen molar-refractivity contribution >= 4 is 5.91 Å². The molecule has 24 heavy (non-hydrogen) atoms. The van der Waals surface area contributed by atoms with Gasteiger partial charge in [0.05, 0.1) is 18.3 Å². The van der Waals surface area contributed by atoms with E-state index in [-0.39, 0.29) is 18.0 Å². The number of hydrogen-bond acceptors (Lipinski definition) is 5. The number of nitrogens with zero attached hydrogens (tertiary/aromatic N) is 5. The largest absolute Gasteiger partial charge is 0.384 e. The van der Waals surface area contributed by atoms with Crippen LogP contribution in [-0.4, -0.2) is 68.0 Å². The average molecular weight is 335 g/mol. The normalized spacial score (nSPS) is 23.3. The lowest BCUT2D eigenvalue weighted by molar-refractivity contribution is -0.144. The Morgan fingerprint density at radius 2 is 2.12 bits per heavy atom. The lowest BCUT2D eigenvalue weighted by atomic mass is 9.98. The molecule has 2 fully saturated rings. The van der Waals surface area contributed by atoms with Gasteiger partial charge >= 0.3 is 0 Å². The molecule has 1 atom stereocenters. The number of aliphatic hydroxyl groups is 1. The highest BCUT2D eigenvalue weighted by atomic mass is 16.3. The summed E-state index contributed by atoms with van der Waals surface area (Å²) in [5.41, 5.74) is -0.422. The highest BCUT2D eigenvalue weighted by molar-refractivity contribution is 5.82. The van der Waals surface area contributed by atoms with Crippen LogP contribution in [-0.2, 0) is 10.4 Å². The van der Waals surface area contributed by atoms with E-state index in [4.69, 9.17) is 0 Å². The molecular weight excluding hydrogens is 306 g/mol. The van der Waals surface area contributed by atoms with Crippen molar-refractivity contribution in [3.8, 4) is 0 Å². The van der Waals surface area contributed by atoms with E-state index in [1.54, 1.807) is 24.7 Å². The first-order valence-corrected chi connectivity index (χ1v) is 9.07. The van der Waals surface area contributed by atoms with Gasteiger partial charge in [-0.3, -0.25) is 9.69 Å². The van der Waals surface area contributed by atoms with Crippen LogP contribution in [0.5, 0.6) is 0 Å². The second kappa shape index (κ2) is 6.80. The summed E-state index contributed by atoms with van der Waals surface area (Å²) in [6.07, 6.45) is 6.20.